The summed E-state index contributed by atoms with van der Waals surface area (Å²) in [5, 5.41) is 6.05. The Balaban J connectivity index is 2.09. The van der Waals surface area contributed by atoms with Crippen molar-refractivity contribution in [1.82, 2.24) is 14.5 Å². The monoisotopic (exact) mass is 340 g/mol. The number of rotatable bonds is 5. The Morgan fingerprint density at radius 2 is 1.96 bits per heavy atom. The second-order valence-electron chi connectivity index (χ2n) is 5.77. The molecule has 0 bridgehead atoms. The topological polar surface area (TPSA) is 81.8 Å². The van der Waals surface area contributed by atoms with Crippen LogP contribution in [0.2, 0.25) is 0 Å². The van der Waals surface area contributed by atoms with E-state index in [9.17, 15) is 13.2 Å². The molecule has 23 heavy (non-hydrogen) atoms. The van der Waals surface area contributed by atoms with E-state index in [0.717, 1.165) is 30.5 Å². The van der Waals surface area contributed by atoms with Crippen LogP contribution < -0.4 is 10.6 Å². The number of sulfonamides is 1. The molecule has 0 saturated carbocycles. The van der Waals surface area contributed by atoms with Crippen molar-refractivity contribution < 1.29 is 13.2 Å². The molecule has 1 aromatic carbocycles. The first-order valence-corrected chi connectivity index (χ1v) is 9.04. The molecule has 1 aliphatic rings. The number of piperazine rings is 1. The summed E-state index contributed by atoms with van der Waals surface area (Å²) >= 11 is 0. The van der Waals surface area contributed by atoms with Crippen LogP contribution in [-0.4, -0.2) is 69.8 Å². The summed E-state index contributed by atoms with van der Waals surface area (Å²) in [7, 11) is -0.554. The van der Waals surface area contributed by atoms with Crippen LogP contribution in [0.3, 0.4) is 0 Å². The van der Waals surface area contributed by atoms with E-state index in [1.807, 2.05) is 6.92 Å². The maximum atomic E-state index is 12.4. The summed E-state index contributed by atoms with van der Waals surface area (Å²) in [6, 6.07) is 6.06. The van der Waals surface area contributed by atoms with Gasteiger partial charge in [0.05, 0.1) is 10.9 Å². The zero-order chi connectivity index (χ0) is 17.0. The fourth-order valence-electron chi connectivity index (χ4n) is 2.43. The largest absolute Gasteiger partial charge is 0.325 e. The zero-order valence-corrected chi connectivity index (χ0v) is 14.6. The molecule has 128 valence electrons. The molecule has 8 heteroatoms. The van der Waals surface area contributed by atoms with Crippen molar-refractivity contribution in [3.05, 3.63) is 24.3 Å². The smallest absolute Gasteiger partial charge is 0.242 e. The van der Waals surface area contributed by atoms with Gasteiger partial charge in [0.2, 0.25) is 15.9 Å². The van der Waals surface area contributed by atoms with Crippen LogP contribution in [0.5, 0.6) is 0 Å². The van der Waals surface area contributed by atoms with Crippen molar-refractivity contribution in [2.24, 2.45) is 0 Å². The fourth-order valence-corrected chi connectivity index (χ4v) is 3.38. The van der Waals surface area contributed by atoms with Gasteiger partial charge in [-0.15, -0.1) is 0 Å². The van der Waals surface area contributed by atoms with Gasteiger partial charge in [-0.2, -0.15) is 0 Å². The quantitative estimate of drug-likeness (QED) is 0.798. The first-order valence-electron chi connectivity index (χ1n) is 7.60. The molecule has 2 N–H and O–H groups in total. The van der Waals surface area contributed by atoms with E-state index in [1.165, 1.54) is 26.2 Å². The number of hydrogen-bond acceptors (Lipinski definition) is 5. The number of nitrogens with zero attached hydrogens (tertiary/aromatic N) is 2. The standard InChI is InChI=1S/C15H24N4O3S/c1-12(19-9-7-16-8-10-19)15(20)17-13-5-4-6-14(11-13)23(21,22)18(2)3/h4-6,11-12,16H,7-10H2,1-3H3,(H,17,20). The molecule has 7 nitrogen and oxygen atoms in total. The molecule has 1 unspecified atom stereocenters. The molecule has 2 rings (SSSR count). The second kappa shape index (κ2) is 7.39. The Morgan fingerprint density at radius 1 is 1.30 bits per heavy atom. The van der Waals surface area contributed by atoms with Crippen LogP contribution in [0.25, 0.3) is 0 Å². The highest BCUT2D eigenvalue weighted by molar-refractivity contribution is 7.89. The Hall–Kier alpha value is -1.48. The highest BCUT2D eigenvalue weighted by Gasteiger charge is 2.23. The summed E-state index contributed by atoms with van der Waals surface area (Å²) in [5.41, 5.74) is 0.486. The molecular formula is C15H24N4O3S. The van der Waals surface area contributed by atoms with Gasteiger partial charge in [0.15, 0.2) is 0 Å². The summed E-state index contributed by atoms with van der Waals surface area (Å²) in [6.07, 6.45) is 0. The minimum Gasteiger partial charge on any atom is -0.325 e. The van der Waals surface area contributed by atoms with Gasteiger partial charge >= 0.3 is 0 Å². The van der Waals surface area contributed by atoms with Crippen LogP contribution in [-0.2, 0) is 14.8 Å². The summed E-state index contributed by atoms with van der Waals surface area (Å²) < 4.78 is 25.4. The average molecular weight is 340 g/mol. The lowest BCUT2D eigenvalue weighted by molar-refractivity contribution is -0.120. The van der Waals surface area contributed by atoms with E-state index in [-0.39, 0.29) is 16.8 Å². The molecule has 0 spiro atoms. The molecule has 1 heterocycles. The van der Waals surface area contributed by atoms with Crippen molar-refractivity contribution in [2.75, 3.05) is 45.6 Å². The lowest BCUT2D eigenvalue weighted by Gasteiger charge is -2.31. The molecule has 1 fully saturated rings. The SMILES string of the molecule is CC(C(=O)Nc1cccc(S(=O)(=O)N(C)C)c1)N1CCNCC1. The third-order valence-corrected chi connectivity index (χ3v) is 5.77. The third kappa shape index (κ3) is 4.29. The van der Waals surface area contributed by atoms with Crippen molar-refractivity contribution in [3.8, 4) is 0 Å². The number of benzene rings is 1. The van der Waals surface area contributed by atoms with Gasteiger partial charge in [-0.25, -0.2) is 12.7 Å². The molecule has 0 aromatic heterocycles. The van der Waals surface area contributed by atoms with Crippen LogP contribution in [0.1, 0.15) is 6.92 Å². The van der Waals surface area contributed by atoms with Crippen molar-refractivity contribution in [3.63, 3.8) is 0 Å². The summed E-state index contributed by atoms with van der Waals surface area (Å²) in [6.45, 7) is 5.25. The van der Waals surface area contributed by atoms with E-state index < -0.39 is 10.0 Å². The first kappa shape index (κ1) is 17.9. The number of amides is 1. The predicted molar refractivity (Wildman–Crippen MR) is 89.8 cm³/mol. The Labute approximate surface area is 137 Å². The van der Waals surface area contributed by atoms with Crippen LogP contribution in [0.4, 0.5) is 5.69 Å². The average Bonchev–Trinajstić information content (AvgIpc) is 2.55. The Morgan fingerprint density at radius 3 is 2.57 bits per heavy atom. The van der Waals surface area contributed by atoms with E-state index in [4.69, 9.17) is 0 Å². The molecule has 1 amide bonds. The van der Waals surface area contributed by atoms with Crippen LogP contribution in [0.15, 0.2) is 29.2 Å². The maximum absolute atomic E-state index is 12.4. The lowest BCUT2D eigenvalue weighted by atomic mass is 10.2. The Bertz CT molecular complexity index is 654. The molecule has 1 atom stereocenters. The van der Waals surface area contributed by atoms with E-state index in [0.29, 0.717) is 5.69 Å². The number of carbonyl (C=O) groups excluding carboxylic acids is 1. The minimum absolute atomic E-state index is 0.133. The van der Waals surface area contributed by atoms with Crippen molar-refractivity contribution in [2.45, 2.75) is 17.9 Å². The van der Waals surface area contributed by atoms with Gasteiger partial charge in [-0.3, -0.25) is 9.69 Å². The van der Waals surface area contributed by atoms with Gasteiger partial charge in [0.25, 0.3) is 0 Å². The van der Waals surface area contributed by atoms with Crippen LogP contribution in [0, 0.1) is 0 Å². The second-order valence-corrected chi connectivity index (χ2v) is 7.92. The van der Waals surface area contributed by atoms with E-state index >= 15 is 0 Å². The highest BCUT2D eigenvalue weighted by atomic mass is 32.2. The van der Waals surface area contributed by atoms with Crippen molar-refractivity contribution >= 4 is 21.6 Å². The van der Waals surface area contributed by atoms with Gasteiger partial charge in [-0.1, -0.05) is 6.07 Å². The number of hydrogen-bond donors (Lipinski definition) is 2. The normalized spacial score (nSPS) is 17.9. The number of anilines is 1. The summed E-state index contributed by atoms with van der Waals surface area (Å²) in [5.74, 6) is -0.133. The van der Waals surface area contributed by atoms with Gasteiger partial charge in [0, 0.05) is 46.0 Å². The maximum Gasteiger partial charge on any atom is 0.242 e. The highest BCUT2D eigenvalue weighted by Crippen LogP contribution is 2.18. The van der Waals surface area contributed by atoms with Crippen molar-refractivity contribution in [1.29, 1.82) is 0 Å². The molecular weight excluding hydrogens is 316 g/mol. The van der Waals surface area contributed by atoms with Gasteiger partial charge in [0.1, 0.15) is 0 Å². The molecule has 1 saturated heterocycles. The zero-order valence-electron chi connectivity index (χ0n) is 13.7. The number of nitrogens with one attached hydrogen (secondary N) is 2. The minimum atomic E-state index is -3.51. The van der Waals surface area contributed by atoms with Gasteiger partial charge in [-0.05, 0) is 25.1 Å². The molecule has 1 aromatic rings. The number of carbonyl (C=O) groups is 1. The third-order valence-electron chi connectivity index (χ3n) is 3.96. The molecule has 1 aliphatic heterocycles. The Kier molecular flexibility index (Phi) is 5.74. The van der Waals surface area contributed by atoms with Gasteiger partial charge < -0.3 is 10.6 Å². The fraction of sp³-hybridized carbons (Fsp3) is 0.533. The summed E-state index contributed by atoms with van der Waals surface area (Å²) in [4.78, 5) is 14.6. The molecule has 0 radical (unpaired) electrons. The molecule has 0 aliphatic carbocycles. The lowest BCUT2D eigenvalue weighted by Crippen LogP contribution is -2.51. The first-order chi connectivity index (χ1) is 10.8. The van der Waals surface area contributed by atoms with E-state index in [2.05, 4.69) is 15.5 Å². The van der Waals surface area contributed by atoms with Crippen LogP contribution >= 0.6 is 0 Å². The predicted octanol–water partition coefficient (Wildman–Crippen LogP) is 0.169. The van der Waals surface area contributed by atoms with E-state index in [1.54, 1.807) is 12.1 Å².